The number of rotatable bonds is 1. The maximum atomic E-state index is 12.3. The number of nitrogens with zero attached hydrogens (tertiary/aromatic N) is 2. The van der Waals surface area contributed by atoms with E-state index in [0.29, 0.717) is 17.9 Å². The molecule has 6 nitrogen and oxygen atoms in total. The topological polar surface area (TPSA) is 71.4 Å². The van der Waals surface area contributed by atoms with E-state index < -0.39 is 0 Å². The van der Waals surface area contributed by atoms with Crippen molar-refractivity contribution in [1.82, 2.24) is 4.90 Å². The first-order chi connectivity index (χ1) is 8.70. The minimum atomic E-state index is -0.164. The summed E-state index contributed by atoms with van der Waals surface area (Å²) in [5.74, 6) is 0.0682. The number of fused-ring (bicyclic) bond motifs is 2. The van der Waals surface area contributed by atoms with Crippen molar-refractivity contribution in [3.63, 3.8) is 0 Å². The molecule has 1 fully saturated rings. The van der Waals surface area contributed by atoms with Crippen LogP contribution in [-0.2, 0) is 4.74 Å². The average molecular weight is 248 g/mol. The van der Waals surface area contributed by atoms with Crippen molar-refractivity contribution in [3.05, 3.63) is 17.7 Å². The molecule has 1 aromatic carbocycles. The van der Waals surface area contributed by atoms with Gasteiger partial charge >= 0.3 is 0 Å². The van der Waals surface area contributed by atoms with E-state index in [4.69, 9.17) is 9.47 Å². The van der Waals surface area contributed by atoms with E-state index in [2.05, 4.69) is 4.99 Å². The van der Waals surface area contributed by atoms with Gasteiger partial charge < -0.3 is 19.5 Å². The molecule has 6 heteroatoms. The highest BCUT2D eigenvalue weighted by molar-refractivity contribution is 6.03. The van der Waals surface area contributed by atoms with Gasteiger partial charge in [-0.3, -0.25) is 9.79 Å². The highest BCUT2D eigenvalue weighted by atomic mass is 16.5. The number of ether oxygens (including phenoxy) is 2. The summed E-state index contributed by atoms with van der Waals surface area (Å²) in [6.45, 7) is 0.713. The third kappa shape index (κ3) is 1.53. The van der Waals surface area contributed by atoms with Crippen molar-refractivity contribution in [2.45, 2.75) is 6.04 Å². The van der Waals surface area contributed by atoms with Gasteiger partial charge in [0.2, 0.25) is 0 Å². The van der Waals surface area contributed by atoms with Gasteiger partial charge in [-0.05, 0) is 6.07 Å². The lowest BCUT2D eigenvalue weighted by molar-refractivity contribution is 0.0684. The summed E-state index contributed by atoms with van der Waals surface area (Å²) in [7, 11) is 1.44. The summed E-state index contributed by atoms with van der Waals surface area (Å²) >= 11 is 0. The van der Waals surface area contributed by atoms with Gasteiger partial charge in [0.15, 0.2) is 11.5 Å². The zero-order chi connectivity index (χ0) is 12.7. The molecule has 1 saturated heterocycles. The van der Waals surface area contributed by atoms with E-state index in [9.17, 15) is 9.90 Å². The number of aromatic hydroxyl groups is 1. The molecule has 0 radical (unpaired) electrons. The molecule has 94 valence electrons. The monoisotopic (exact) mass is 248 g/mol. The first kappa shape index (κ1) is 11.0. The van der Waals surface area contributed by atoms with Crippen LogP contribution in [0.4, 0.5) is 5.69 Å². The minimum Gasteiger partial charge on any atom is -0.504 e. The summed E-state index contributed by atoms with van der Waals surface area (Å²) < 4.78 is 10.3. The molecule has 18 heavy (non-hydrogen) atoms. The maximum Gasteiger partial charge on any atom is 0.258 e. The second-order valence-corrected chi connectivity index (χ2v) is 4.16. The lowest BCUT2D eigenvalue weighted by atomic mass is 10.1. The second-order valence-electron chi connectivity index (χ2n) is 4.16. The van der Waals surface area contributed by atoms with Crippen LogP contribution in [0.1, 0.15) is 10.4 Å². The molecule has 2 heterocycles. The first-order valence-electron chi connectivity index (χ1n) is 5.54. The lowest BCUT2D eigenvalue weighted by Crippen LogP contribution is -2.36. The molecule has 0 spiro atoms. The third-order valence-corrected chi connectivity index (χ3v) is 3.09. The van der Waals surface area contributed by atoms with Crippen LogP contribution < -0.4 is 4.74 Å². The number of carbonyl (C=O) groups is 1. The van der Waals surface area contributed by atoms with E-state index >= 15 is 0 Å². The summed E-state index contributed by atoms with van der Waals surface area (Å²) in [6, 6.07) is 2.80. The Balaban J connectivity index is 2.12. The summed E-state index contributed by atoms with van der Waals surface area (Å²) in [6.07, 6.45) is 1.67. The molecule has 0 aliphatic carbocycles. The Kier molecular flexibility index (Phi) is 2.45. The Labute approximate surface area is 103 Å². The van der Waals surface area contributed by atoms with Crippen LogP contribution in [0.3, 0.4) is 0 Å². The zero-order valence-corrected chi connectivity index (χ0v) is 9.79. The number of hydrogen-bond donors (Lipinski definition) is 1. The molecule has 1 atom stereocenters. The van der Waals surface area contributed by atoms with Gasteiger partial charge in [0.25, 0.3) is 5.91 Å². The van der Waals surface area contributed by atoms with Gasteiger partial charge in [0, 0.05) is 12.3 Å². The molecular weight excluding hydrogens is 236 g/mol. The van der Waals surface area contributed by atoms with Gasteiger partial charge in [0.05, 0.1) is 31.0 Å². The Morgan fingerprint density at radius 2 is 2.39 bits per heavy atom. The van der Waals surface area contributed by atoms with Crippen molar-refractivity contribution in [1.29, 1.82) is 0 Å². The molecule has 1 amide bonds. The Morgan fingerprint density at radius 1 is 1.56 bits per heavy atom. The van der Waals surface area contributed by atoms with Gasteiger partial charge in [-0.25, -0.2) is 0 Å². The highest BCUT2D eigenvalue weighted by Gasteiger charge is 2.33. The predicted octanol–water partition coefficient (Wildman–Crippen LogP) is 0.915. The highest BCUT2D eigenvalue weighted by Crippen LogP contribution is 2.36. The molecule has 3 rings (SSSR count). The van der Waals surface area contributed by atoms with Crippen LogP contribution in [0.25, 0.3) is 0 Å². The van der Waals surface area contributed by atoms with Crippen LogP contribution >= 0.6 is 0 Å². The Hall–Kier alpha value is -2.08. The average Bonchev–Trinajstić information content (AvgIpc) is 2.79. The fourth-order valence-electron chi connectivity index (χ4n) is 2.11. The smallest absolute Gasteiger partial charge is 0.258 e. The number of hydrogen-bond acceptors (Lipinski definition) is 5. The van der Waals surface area contributed by atoms with Crippen molar-refractivity contribution >= 4 is 17.8 Å². The van der Waals surface area contributed by atoms with E-state index in [0.717, 1.165) is 0 Å². The number of aliphatic imine (C=N–C) groups is 1. The first-order valence-corrected chi connectivity index (χ1v) is 5.54. The standard InChI is InChI=1S/C12H12N2O4/c1-17-11-2-8-9(3-10(11)15)13-4-7-5-18-6-14(7)12(8)16/h2-4,7,15H,5-6H2,1H3. The summed E-state index contributed by atoms with van der Waals surface area (Å²) in [5, 5.41) is 9.70. The van der Waals surface area contributed by atoms with Gasteiger partial charge in [0.1, 0.15) is 6.73 Å². The van der Waals surface area contributed by atoms with Gasteiger partial charge in [-0.1, -0.05) is 0 Å². The van der Waals surface area contributed by atoms with Crippen LogP contribution in [0.2, 0.25) is 0 Å². The Bertz CT molecular complexity index is 541. The van der Waals surface area contributed by atoms with Crippen LogP contribution in [-0.4, -0.2) is 48.6 Å². The molecule has 1 aromatic rings. The van der Waals surface area contributed by atoms with E-state index in [1.165, 1.54) is 19.2 Å². The number of benzene rings is 1. The van der Waals surface area contributed by atoms with E-state index in [-0.39, 0.29) is 30.2 Å². The van der Waals surface area contributed by atoms with Crippen LogP contribution in [0, 0.1) is 0 Å². The van der Waals surface area contributed by atoms with Gasteiger partial charge in [-0.2, -0.15) is 0 Å². The molecule has 0 aromatic heterocycles. The quantitative estimate of drug-likeness (QED) is 0.802. The molecule has 0 saturated carbocycles. The minimum absolute atomic E-state index is 0.0282. The molecule has 1 unspecified atom stereocenters. The predicted molar refractivity (Wildman–Crippen MR) is 63.6 cm³/mol. The van der Waals surface area contributed by atoms with Gasteiger partial charge in [-0.15, -0.1) is 0 Å². The van der Waals surface area contributed by atoms with Crippen molar-refractivity contribution in [2.24, 2.45) is 4.99 Å². The van der Waals surface area contributed by atoms with Crippen molar-refractivity contribution in [2.75, 3.05) is 20.4 Å². The lowest BCUT2D eigenvalue weighted by Gasteiger charge is -2.17. The molecular formula is C12H12N2O4. The summed E-state index contributed by atoms with van der Waals surface area (Å²) in [5.41, 5.74) is 0.863. The zero-order valence-electron chi connectivity index (χ0n) is 9.79. The largest absolute Gasteiger partial charge is 0.504 e. The maximum absolute atomic E-state index is 12.3. The number of amides is 1. The number of phenols is 1. The molecule has 2 aliphatic rings. The molecule has 0 bridgehead atoms. The van der Waals surface area contributed by atoms with E-state index in [1.54, 1.807) is 11.1 Å². The molecule has 2 aliphatic heterocycles. The second kappa shape index (κ2) is 3.99. The normalized spacial score (nSPS) is 21.5. The number of carbonyl (C=O) groups excluding carboxylic acids is 1. The third-order valence-electron chi connectivity index (χ3n) is 3.09. The Morgan fingerprint density at radius 3 is 3.17 bits per heavy atom. The number of methoxy groups -OCH3 is 1. The summed E-state index contributed by atoms with van der Waals surface area (Å²) in [4.78, 5) is 18.2. The fourth-order valence-corrected chi connectivity index (χ4v) is 2.11. The van der Waals surface area contributed by atoms with Crippen molar-refractivity contribution in [3.8, 4) is 11.5 Å². The number of phenolic OH excluding ortho intramolecular Hbond substituents is 1. The van der Waals surface area contributed by atoms with Crippen molar-refractivity contribution < 1.29 is 19.4 Å². The van der Waals surface area contributed by atoms with Crippen LogP contribution in [0.15, 0.2) is 17.1 Å². The molecule has 1 N–H and O–H groups in total. The van der Waals surface area contributed by atoms with E-state index in [1.807, 2.05) is 0 Å². The van der Waals surface area contributed by atoms with Crippen LogP contribution in [0.5, 0.6) is 11.5 Å². The fraction of sp³-hybridized carbons (Fsp3) is 0.333. The SMILES string of the molecule is COc1cc2c(cc1O)N=CC1COCN1C2=O.